The van der Waals surface area contributed by atoms with Crippen LogP contribution in [-0.2, 0) is 4.79 Å². The monoisotopic (exact) mass is 317 g/mol. The molecule has 0 radical (unpaired) electrons. The number of amides is 1. The van der Waals surface area contributed by atoms with Gasteiger partial charge in [0.05, 0.1) is 5.56 Å². The van der Waals surface area contributed by atoms with Gasteiger partial charge < -0.3 is 10.0 Å². The summed E-state index contributed by atoms with van der Waals surface area (Å²) in [7, 11) is 0. The van der Waals surface area contributed by atoms with Crippen molar-refractivity contribution in [1.29, 1.82) is 0 Å². The molecule has 0 aromatic carbocycles. The minimum atomic E-state index is -0.851. The molecule has 2 rings (SSSR count). The van der Waals surface area contributed by atoms with E-state index in [9.17, 15) is 9.59 Å². The van der Waals surface area contributed by atoms with Crippen LogP contribution in [0, 0.1) is 5.92 Å². The zero-order valence-electron chi connectivity index (χ0n) is 10.6. The number of carboxylic acid groups (broad SMARTS) is 1. The molecule has 6 nitrogen and oxygen atoms in total. The van der Waals surface area contributed by atoms with E-state index in [0.29, 0.717) is 13.1 Å². The summed E-state index contributed by atoms with van der Waals surface area (Å²) in [5, 5.41) is 16.1. The van der Waals surface area contributed by atoms with Crippen LogP contribution < -0.4 is 0 Å². The molecule has 1 aliphatic heterocycles. The molecule has 2 heterocycles. The van der Waals surface area contributed by atoms with Crippen molar-refractivity contribution in [2.75, 3.05) is 13.1 Å². The standard InChI is InChI=1S/C12H13Cl2N3O3/c13-9-5-8(11(14)16-15-9)12(20)17-3-1-2-7(6-17)4-10(18)19/h5,7H,1-4,6H2,(H,18,19). The van der Waals surface area contributed by atoms with Crippen LogP contribution in [0.5, 0.6) is 0 Å². The van der Waals surface area contributed by atoms with Crippen LogP contribution >= 0.6 is 23.2 Å². The fraction of sp³-hybridized carbons (Fsp3) is 0.500. The number of carbonyl (C=O) groups excluding carboxylic acids is 1. The number of aliphatic carboxylic acids is 1. The Labute approximate surface area is 125 Å². The molecule has 1 aromatic rings. The number of likely N-dealkylation sites (tertiary alicyclic amines) is 1. The summed E-state index contributed by atoms with van der Waals surface area (Å²) in [6.45, 7) is 0.979. The van der Waals surface area contributed by atoms with Gasteiger partial charge in [0, 0.05) is 19.5 Å². The van der Waals surface area contributed by atoms with E-state index < -0.39 is 5.97 Å². The molecule has 1 atom stereocenters. The molecule has 0 spiro atoms. The van der Waals surface area contributed by atoms with Crippen LogP contribution in [0.1, 0.15) is 29.6 Å². The second kappa shape index (κ2) is 6.37. The molecule has 1 fully saturated rings. The van der Waals surface area contributed by atoms with Crippen molar-refractivity contribution in [2.24, 2.45) is 5.92 Å². The molecule has 108 valence electrons. The number of rotatable bonds is 3. The smallest absolute Gasteiger partial charge is 0.303 e. The molecule has 0 bridgehead atoms. The Balaban J connectivity index is 2.12. The number of carbonyl (C=O) groups is 2. The summed E-state index contributed by atoms with van der Waals surface area (Å²) in [5.74, 6) is -1.17. The third-order valence-corrected chi connectivity index (χ3v) is 3.68. The zero-order valence-corrected chi connectivity index (χ0v) is 12.1. The minimum absolute atomic E-state index is 0.000224. The van der Waals surface area contributed by atoms with E-state index in [-0.39, 0.29) is 34.1 Å². The van der Waals surface area contributed by atoms with Crippen molar-refractivity contribution in [3.8, 4) is 0 Å². The zero-order chi connectivity index (χ0) is 14.7. The quantitative estimate of drug-likeness (QED) is 0.923. The largest absolute Gasteiger partial charge is 0.481 e. The number of piperidine rings is 1. The number of carboxylic acids is 1. The summed E-state index contributed by atoms with van der Waals surface area (Å²) in [6.07, 6.45) is 1.64. The van der Waals surface area contributed by atoms with Gasteiger partial charge >= 0.3 is 5.97 Å². The van der Waals surface area contributed by atoms with Gasteiger partial charge in [0.25, 0.3) is 5.91 Å². The predicted octanol–water partition coefficient (Wildman–Crippen LogP) is 2.11. The Morgan fingerprint density at radius 3 is 2.85 bits per heavy atom. The van der Waals surface area contributed by atoms with Crippen molar-refractivity contribution in [2.45, 2.75) is 19.3 Å². The van der Waals surface area contributed by atoms with Crippen LogP contribution in [0.25, 0.3) is 0 Å². The van der Waals surface area contributed by atoms with Gasteiger partial charge in [-0.2, -0.15) is 0 Å². The lowest BCUT2D eigenvalue weighted by atomic mass is 9.94. The van der Waals surface area contributed by atoms with E-state index in [4.69, 9.17) is 28.3 Å². The SMILES string of the molecule is O=C(O)CC1CCCN(C(=O)c2cc(Cl)nnc2Cl)C1. The van der Waals surface area contributed by atoms with E-state index in [1.807, 2.05) is 0 Å². The fourth-order valence-corrected chi connectivity index (χ4v) is 2.66. The van der Waals surface area contributed by atoms with Crippen LogP contribution in [-0.4, -0.2) is 45.2 Å². The van der Waals surface area contributed by atoms with Gasteiger partial charge in [0.2, 0.25) is 0 Å². The van der Waals surface area contributed by atoms with Crippen molar-refractivity contribution in [3.05, 3.63) is 21.9 Å². The van der Waals surface area contributed by atoms with E-state index in [1.54, 1.807) is 4.90 Å². The predicted molar refractivity (Wildman–Crippen MR) is 72.9 cm³/mol. The topological polar surface area (TPSA) is 83.4 Å². The van der Waals surface area contributed by atoms with Crippen molar-refractivity contribution in [1.82, 2.24) is 15.1 Å². The number of hydrogen-bond acceptors (Lipinski definition) is 4. The summed E-state index contributed by atoms with van der Waals surface area (Å²) < 4.78 is 0. The maximum atomic E-state index is 12.4. The minimum Gasteiger partial charge on any atom is -0.481 e. The van der Waals surface area contributed by atoms with Crippen LogP contribution in [0.15, 0.2) is 6.07 Å². The average Bonchev–Trinajstić information content (AvgIpc) is 2.40. The number of nitrogens with zero attached hydrogens (tertiary/aromatic N) is 3. The van der Waals surface area contributed by atoms with Crippen LogP contribution in [0.3, 0.4) is 0 Å². The lowest BCUT2D eigenvalue weighted by molar-refractivity contribution is -0.138. The molecule has 8 heteroatoms. The Hall–Kier alpha value is -1.40. The first-order valence-corrected chi connectivity index (χ1v) is 6.92. The van der Waals surface area contributed by atoms with Gasteiger partial charge in [0.15, 0.2) is 10.3 Å². The first-order valence-electron chi connectivity index (χ1n) is 6.17. The summed E-state index contributed by atoms with van der Waals surface area (Å²) in [4.78, 5) is 24.7. The molecular formula is C12H13Cl2N3O3. The normalized spacial score (nSPS) is 18.9. The maximum absolute atomic E-state index is 12.4. The second-order valence-corrected chi connectivity index (χ2v) is 5.47. The first kappa shape index (κ1) is 15.0. The van der Waals surface area contributed by atoms with Crippen LogP contribution in [0.2, 0.25) is 10.3 Å². The number of aromatic nitrogens is 2. The van der Waals surface area contributed by atoms with Gasteiger partial charge in [-0.1, -0.05) is 23.2 Å². The molecule has 20 heavy (non-hydrogen) atoms. The van der Waals surface area contributed by atoms with Crippen molar-refractivity contribution >= 4 is 35.1 Å². The Morgan fingerprint density at radius 1 is 1.40 bits per heavy atom. The molecule has 1 aromatic heterocycles. The van der Waals surface area contributed by atoms with Crippen molar-refractivity contribution < 1.29 is 14.7 Å². The van der Waals surface area contributed by atoms with Gasteiger partial charge in [-0.3, -0.25) is 9.59 Å². The highest BCUT2D eigenvalue weighted by molar-refractivity contribution is 6.34. The molecule has 1 N–H and O–H groups in total. The first-order chi connectivity index (χ1) is 9.47. The fourth-order valence-electron chi connectivity index (χ4n) is 2.34. The maximum Gasteiger partial charge on any atom is 0.303 e. The molecule has 1 amide bonds. The summed E-state index contributed by atoms with van der Waals surface area (Å²) in [6, 6.07) is 1.38. The average molecular weight is 318 g/mol. The van der Waals surface area contributed by atoms with Gasteiger partial charge in [0.1, 0.15) is 0 Å². The highest BCUT2D eigenvalue weighted by Crippen LogP contribution is 2.23. The number of halogens is 2. The second-order valence-electron chi connectivity index (χ2n) is 4.73. The molecular weight excluding hydrogens is 305 g/mol. The molecule has 0 saturated carbocycles. The van der Waals surface area contributed by atoms with Gasteiger partial charge in [-0.25, -0.2) is 0 Å². The Bertz CT molecular complexity index is 539. The van der Waals surface area contributed by atoms with Crippen LogP contribution in [0.4, 0.5) is 0 Å². The van der Waals surface area contributed by atoms with Gasteiger partial charge in [-0.05, 0) is 24.8 Å². The Morgan fingerprint density at radius 2 is 2.15 bits per heavy atom. The van der Waals surface area contributed by atoms with E-state index in [0.717, 1.165) is 12.8 Å². The Kier molecular flexibility index (Phi) is 4.77. The summed E-state index contributed by atoms with van der Waals surface area (Å²) >= 11 is 11.6. The molecule has 1 aliphatic rings. The highest BCUT2D eigenvalue weighted by Gasteiger charge is 2.27. The van der Waals surface area contributed by atoms with E-state index in [2.05, 4.69) is 10.2 Å². The molecule has 1 unspecified atom stereocenters. The van der Waals surface area contributed by atoms with Crippen molar-refractivity contribution in [3.63, 3.8) is 0 Å². The van der Waals surface area contributed by atoms with E-state index >= 15 is 0 Å². The van der Waals surface area contributed by atoms with Gasteiger partial charge in [-0.15, -0.1) is 10.2 Å². The third-order valence-electron chi connectivity index (χ3n) is 3.22. The molecule has 0 aliphatic carbocycles. The highest BCUT2D eigenvalue weighted by atomic mass is 35.5. The molecule has 1 saturated heterocycles. The lowest BCUT2D eigenvalue weighted by Crippen LogP contribution is -2.40. The number of hydrogen-bond donors (Lipinski definition) is 1. The third kappa shape index (κ3) is 3.58. The van der Waals surface area contributed by atoms with E-state index in [1.165, 1.54) is 6.07 Å². The summed E-state index contributed by atoms with van der Waals surface area (Å²) in [5.41, 5.74) is 0.197. The lowest BCUT2D eigenvalue weighted by Gasteiger charge is -2.32.